The van der Waals surface area contributed by atoms with Crippen molar-refractivity contribution in [2.45, 2.75) is 44.5 Å². The van der Waals surface area contributed by atoms with Gasteiger partial charge in [0.1, 0.15) is 11.5 Å². The number of hydrogen-bond acceptors (Lipinski definition) is 5. The number of nitrogens with one attached hydrogen (secondary N) is 3. The molecule has 1 aromatic carbocycles. The average Bonchev–Trinajstić information content (AvgIpc) is 3.43. The van der Waals surface area contributed by atoms with Gasteiger partial charge in [0.2, 0.25) is 5.91 Å². The topological polar surface area (TPSA) is 120 Å². The second kappa shape index (κ2) is 10.5. The number of H-pyrrole nitrogens is 1. The summed E-state index contributed by atoms with van der Waals surface area (Å²) in [5, 5.41) is 13.0. The zero-order valence-electron chi connectivity index (χ0n) is 18.4. The van der Waals surface area contributed by atoms with Crippen LogP contribution in [0.5, 0.6) is 0 Å². The van der Waals surface area contributed by atoms with Gasteiger partial charge in [-0.2, -0.15) is 13.2 Å². The van der Waals surface area contributed by atoms with E-state index < -0.39 is 77.6 Å². The Morgan fingerprint density at radius 3 is 2.50 bits per heavy atom. The second-order valence-corrected chi connectivity index (χ2v) is 7.99. The number of nitrogens with zero attached hydrogens (tertiary/aromatic N) is 3. The molecule has 0 unspecified atom stereocenters. The van der Waals surface area contributed by atoms with Gasteiger partial charge < -0.3 is 15.5 Å². The highest BCUT2D eigenvalue weighted by Crippen LogP contribution is 2.32. The van der Waals surface area contributed by atoms with Gasteiger partial charge in [-0.3, -0.25) is 19.5 Å². The minimum atomic E-state index is -4.70. The fraction of sp³-hybridized carbons (Fsp3) is 0.450. The molecule has 1 fully saturated rings. The molecule has 9 nitrogen and oxygen atoms in total. The van der Waals surface area contributed by atoms with Gasteiger partial charge in [0.15, 0.2) is 5.82 Å². The van der Waals surface area contributed by atoms with E-state index in [1.165, 1.54) is 6.92 Å². The summed E-state index contributed by atoms with van der Waals surface area (Å²) < 4.78 is 92.3. The highest BCUT2D eigenvalue weighted by molar-refractivity contribution is 6.35. The Labute approximate surface area is 198 Å². The number of amides is 3. The van der Waals surface area contributed by atoms with Gasteiger partial charge in [-0.25, -0.2) is 17.6 Å². The van der Waals surface area contributed by atoms with E-state index in [0.717, 1.165) is 17.2 Å². The summed E-state index contributed by atoms with van der Waals surface area (Å²) in [6.45, 7) is 1.23. The first kappa shape index (κ1) is 26.9. The van der Waals surface area contributed by atoms with E-state index in [-0.39, 0.29) is 18.7 Å². The molecule has 1 aliphatic heterocycles. The van der Waals surface area contributed by atoms with Crippen LogP contribution in [0, 0.1) is 17.6 Å². The lowest BCUT2D eigenvalue weighted by Gasteiger charge is -2.25. The number of carbonyl (C=O) groups excluding carboxylic acids is 3. The molecule has 3 rings (SSSR count). The quantitative estimate of drug-likeness (QED) is 0.397. The fourth-order valence-electron chi connectivity index (χ4n) is 3.86. The van der Waals surface area contributed by atoms with E-state index >= 15 is 0 Å². The van der Waals surface area contributed by atoms with Gasteiger partial charge in [0, 0.05) is 18.8 Å². The number of anilines is 1. The molecule has 2 aromatic rings. The van der Waals surface area contributed by atoms with Crippen molar-refractivity contribution in [3.05, 3.63) is 41.2 Å². The molecule has 16 heteroatoms. The predicted molar refractivity (Wildman–Crippen MR) is 107 cm³/mol. The average molecular weight is 524 g/mol. The molecule has 0 bridgehead atoms. The largest absolute Gasteiger partial charge is 0.391 e. The summed E-state index contributed by atoms with van der Waals surface area (Å²) >= 11 is 0. The molecule has 3 amide bonds. The van der Waals surface area contributed by atoms with Crippen LogP contribution in [0.4, 0.5) is 36.4 Å². The zero-order chi connectivity index (χ0) is 26.8. The van der Waals surface area contributed by atoms with E-state index in [1.54, 1.807) is 0 Å². The molecule has 0 radical (unpaired) electrons. The number of likely N-dealkylation sites (tertiary alicyclic amines) is 1. The first-order valence-electron chi connectivity index (χ1n) is 10.4. The van der Waals surface area contributed by atoms with Crippen LogP contribution in [0.2, 0.25) is 0 Å². The number of halogens is 7. The smallest absolute Gasteiger partial charge is 0.339 e. The molecule has 3 N–H and O–H groups in total. The van der Waals surface area contributed by atoms with E-state index in [4.69, 9.17) is 0 Å². The molecule has 1 saturated heterocycles. The van der Waals surface area contributed by atoms with Crippen molar-refractivity contribution in [1.29, 1.82) is 0 Å². The summed E-state index contributed by atoms with van der Waals surface area (Å²) in [6, 6.07) is -1.35. The van der Waals surface area contributed by atoms with Crippen LogP contribution in [0.25, 0.3) is 0 Å². The van der Waals surface area contributed by atoms with Crippen molar-refractivity contribution in [1.82, 2.24) is 25.6 Å². The second-order valence-electron chi connectivity index (χ2n) is 7.99. The lowest BCUT2D eigenvalue weighted by atomic mass is 10.0. The first-order valence-corrected chi connectivity index (χ1v) is 10.4. The summed E-state index contributed by atoms with van der Waals surface area (Å²) in [6.07, 6.45) is -8.70. The number of aromatic amines is 1. The van der Waals surface area contributed by atoms with Crippen molar-refractivity contribution < 1.29 is 45.1 Å². The molecule has 3 atom stereocenters. The van der Waals surface area contributed by atoms with Gasteiger partial charge in [-0.1, -0.05) is 5.21 Å². The maximum atomic E-state index is 14.3. The van der Waals surface area contributed by atoms with Crippen molar-refractivity contribution in [2.24, 2.45) is 5.92 Å². The van der Waals surface area contributed by atoms with Crippen LogP contribution in [0.15, 0.2) is 18.3 Å². The van der Waals surface area contributed by atoms with Crippen LogP contribution >= 0.6 is 0 Å². The third-order valence-corrected chi connectivity index (χ3v) is 5.68. The van der Waals surface area contributed by atoms with E-state index in [9.17, 15) is 45.1 Å². The Bertz CT molecular complexity index is 1130. The number of benzene rings is 1. The van der Waals surface area contributed by atoms with Crippen LogP contribution in [0.1, 0.15) is 43.5 Å². The first-order chi connectivity index (χ1) is 16.8. The molecular weight excluding hydrogens is 505 g/mol. The Balaban J connectivity index is 1.68. The monoisotopic (exact) mass is 524 g/mol. The van der Waals surface area contributed by atoms with Crippen LogP contribution in [-0.4, -0.2) is 56.8 Å². The molecule has 1 aliphatic rings. The molecule has 1 aromatic heterocycles. The molecule has 0 aliphatic carbocycles. The lowest BCUT2D eigenvalue weighted by molar-refractivity contribution is -0.151. The lowest BCUT2D eigenvalue weighted by Crippen LogP contribution is -2.47. The van der Waals surface area contributed by atoms with Crippen molar-refractivity contribution in [2.75, 3.05) is 11.9 Å². The molecule has 2 heterocycles. The molecule has 36 heavy (non-hydrogen) atoms. The van der Waals surface area contributed by atoms with Crippen molar-refractivity contribution >= 4 is 23.4 Å². The Morgan fingerprint density at radius 2 is 1.92 bits per heavy atom. The zero-order valence-corrected chi connectivity index (χ0v) is 18.4. The third-order valence-electron chi connectivity index (χ3n) is 5.68. The molecule has 0 saturated carbocycles. The molecule has 0 spiro atoms. The standard InChI is InChI=1S/C20H19F7N6O3/c1-8-9(17(34)29-11-3-2-10(21)14(15(11)22)16(23)24)4-5-33(8)19(36)18(35)30-12(6-20(25,26)27)13-7-28-32-31-13/h2-3,7-9,12,16H,4-6H2,1H3,(H,29,34)(H,30,35)(H,28,31,32)/t8-,9-,12-/m0/s1. The SMILES string of the molecule is C[C@H]1[C@@H](C(=O)Nc2ccc(F)c(C(F)F)c2F)CCN1C(=O)C(=O)N[C@@H](CC(F)(F)F)c1c[nH]nn1. The van der Waals surface area contributed by atoms with E-state index in [2.05, 4.69) is 20.7 Å². The Hall–Kier alpha value is -3.72. The number of rotatable bonds is 6. The van der Waals surface area contributed by atoms with Crippen LogP contribution in [0.3, 0.4) is 0 Å². The van der Waals surface area contributed by atoms with Crippen LogP contribution in [-0.2, 0) is 14.4 Å². The fourth-order valence-corrected chi connectivity index (χ4v) is 3.86. The summed E-state index contributed by atoms with van der Waals surface area (Å²) in [7, 11) is 0. The summed E-state index contributed by atoms with van der Waals surface area (Å²) in [5.41, 5.74) is -2.47. The van der Waals surface area contributed by atoms with Crippen molar-refractivity contribution in [3.8, 4) is 0 Å². The summed E-state index contributed by atoms with van der Waals surface area (Å²) in [4.78, 5) is 38.6. The number of carbonyl (C=O) groups is 3. The molecule has 196 valence electrons. The highest BCUT2D eigenvalue weighted by Gasteiger charge is 2.42. The minimum Gasteiger partial charge on any atom is -0.339 e. The van der Waals surface area contributed by atoms with E-state index in [1.807, 2.05) is 5.32 Å². The predicted octanol–water partition coefficient (Wildman–Crippen LogP) is 3.01. The Kier molecular flexibility index (Phi) is 7.83. The Morgan fingerprint density at radius 1 is 1.22 bits per heavy atom. The highest BCUT2D eigenvalue weighted by atomic mass is 19.4. The van der Waals surface area contributed by atoms with Gasteiger partial charge in [0.05, 0.1) is 29.6 Å². The molecular formula is C20H19F7N6O3. The number of aromatic nitrogens is 3. The maximum Gasteiger partial charge on any atom is 0.391 e. The van der Waals surface area contributed by atoms with Gasteiger partial charge in [-0.15, -0.1) is 5.10 Å². The minimum absolute atomic E-state index is 0.0220. The third kappa shape index (κ3) is 5.91. The normalized spacial score (nSPS) is 18.9. The number of alkyl halides is 5. The van der Waals surface area contributed by atoms with Gasteiger partial charge in [-0.05, 0) is 25.5 Å². The summed E-state index contributed by atoms with van der Waals surface area (Å²) in [5.74, 6) is -7.66. The van der Waals surface area contributed by atoms with Gasteiger partial charge >= 0.3 is 18.0 Å². The maximum absolute atomic E-state index is 14.3. The van der Waals surface area contributed by atoms with Gasteiger partial charge in [0.25, 0.3) is 6.43 Å². The van der Waals surface area contributed by atoms with Crippen LogP contribution < -0.4 is 10.6 Å². The number of hydrogen-bond donors (Lipinski definition) is 3. The van der Waals surface area contributed by atoms with E-state index in [0.29, 0.717) is 6.07 Å². The van der Waals surface area contributed by atoms with Crippen molar-refractivity contribution in [3.63, 3.8) is 0 Å².